The van der Waals surface area contributed by atoms with Crippen molar-refractivity contribution in [1.82, 2.24) is 5.32 Å². The molecule has 0 saturated carbocycles. The average molecular weight is 374 g/mol. The van der Waals surface area contributed by atoms with Gasteiger partial charge in [0.25, 0.3) is 5.91 Å². The van der Waals surface area contributed by atoms with E-state index in [1.54, 1.807) is 25.1 Å². The van der Waals surface area contributed by atoms with Gasteiger partial charge in [-0.3, -0.25) is 4.79 Å². The quantitative estimate of drug-likeness (QED) is 0.499. The molecule has 0 bridgehead atoms. The molecule has 1 fully saturated rings. The number of rotatable bonds is 9. The number of nitrogens with zero attached hydrogens (tertiary/aromatic N) is 1. The topological polar surface area (TPSA) is 118 Å². The van der Waals surface area contributed by atoms with E-state index in [1.807, 2.05) is 6.07 Å². The minimum atomic E-state index is -1.10. The van der Waals surface area contributed by atoms with E-state index < -0.39 is 18.5 Å². The summed E-state index contributed by atoms with van der Waals surface area (Å²) in [5, 5.41) is 20.7. The lowest BCUT2D eigenvalue weighted by Crippen LogP contribution is -2.32. The third-order valence-electron chi connectivity index (χ3n) is 3.81. The van der Waals surface area contributed by atoms with Gasteiger partial charge >= 0.3 is 5.97 Å². The van der Waals surface area contributed by atoms with Gasteiger partial charge < -0.3 is 24.6 Å². The van der Waals surface area contributed by atoms with Crippen molar-refractivity contribution in [1.29, 1.82) is 5.26 Å². The second-order valence-electron chi connectivity index (χ2n) is 5.84. The van der Waals surface area contributed by atoms with E-state index in [2.05, 4.69) is 5.32 Å². The fourth-order valence-electron chi connectivity index (χ4n) is 2.56. The first kappa shape index (κ1) is 20.3. The smallest absolute Gasteiger partial charge is 0.341 e. The van der Waals surface area contributed by atoms with Crippen LogP contribution in [0.2, 0.25) is 0 Å². The Balaban J connectivity index is 2.11. The van der Waals surface area contributed by atoms with E-state index >= 15 is 0 Å². The van der Waals surface area contributed by atoms with Gasteiger partial charge in [0.05, 0.1) is 12.7 Å². The van der Waals surface area contributed by atoms with E-state index in [0.717, 1.165) is 12.8 Å². The van der Waals surface area contributed by atoms with Crippen molar-refractivity contribution in [3.63, 3.8) is 0 Å². The second-order valence-corrected chi connectivity index (χ2v) is 5.84. The Labute approximate surface area is 157 Å². The first-order valence-electron chi connectivity index (χ1n) is 8.66. The molecular weight excluding hydrogens is 352 g/mol. The van der Waals surface area contributed by atoms with Crippen molar-refractivity contribution in [2.24, 2.45) is 0 Å². The molecule has 0 radical (unpaired) electrons. The van der Waals surface area contributed by atoms with Crippen LogP contribution in [0.5, 0.6) is 11.5 Å². The van der Waals surface area contributed by atoms with Crippen LogP contribution >= 0.6 is 0 Å². The molecule has 8 nitrogen and oxygen atoms in total. The van der Waals surface area contributed by atoms with E-state index in [-0.39, 0.29) is 17.4 Å². The zero-order valence-electron chi connectivity index (χ0n) is 15.1. The number of carbonyl (C=O) groups is 2. The fraction of sp³-hybridized carbons (Fsp3) is 0.421. The molecular formula is C19H22N2O6. The van der Waals surface area contributed by atoms with Gasteiger partial charge in [0.15, 0.2) is 18.1 Å². The highest BCUT2D eigenvalue weighted by molar-refractivity contribution is 6.01. The van der Waals surface area contributed by atoms with E-state index in [4.69, 9.17) is 19.3 Å². The van der Waals surface area contributed by atoms with Crippen LogP contribution in [0, 0.1) is 11.3 Å². The minimum absolute atomic E-state index is 0.0101. The van der Waals surface area contributed by atoms with Crippen LogP contribution in [0.25, 0.3) is 6.08 Å². The standard InChI is InChI=1S/C19H22N2O6/c1-2-25-17-9-13(5-6-16(17)27-12-18(22)23)8-14(10-20)19(24)21-11-15-4-3-7-26-15/h5-6,8-9,15H,2-4,7,11-12H2,1H3,(H,21,24)(H,22,23)/b14-8-/t15-/m1/s1. The number of benzene rings is 1. The highest BCUT2D eigenvalue weighted by Gasteiger charge is 2.18. The van der Waals surface area contributed by atoms with Crippen molar-refractivity contribution in [3.8, 4) is 17.6 Å². The van der Waals surface area contributed by atoms with E-state index in [9.17, 15) is 14.9 Å². The summed E-state index contributed by atoms with van der Waals surface area (Å²) in [4.78, 5) is 22.9. The molecule has 1 atom stereocenters. The molecule has 8 heteroatoms. The maximum atomic E-state index is 12.2. The zero-order valence-corrected chi connectivity index (χ0v) is 15.1. The van der Waals surface area contributed by atoms with Crippen molar-refractivity contribution < 1.29 is 28.9 Å². The Morgan fingerprint density at radius 2 is 2.22 bits per heavy atom. The number of nitriles is 1. The maximum Gasteiger partial charge on any atom is 0.341 e. The van der Waals surface area contributed by atoms with Crippen LogP contribution in [0.1, 0.15) is 25.3 Å². The summed E-state index contributed by atoms with van der Waals surface area (Å²) in [6.07, 6.45) is 3.29. The summed E-state index contributed by atoms with van der Waals surface area (Å²) in [5.41, 5.74) is 0.514. The van der Waals surface area contributed by atoms with Crippen molar-refractivity contribution in [2.45, 2.75) is 25.9 Å². The van der Waals surface area contributed by atoms with Gasteiger partial charge in [-0.25, -0.2) is 4.79 Å². The lowest BCUT2D eigenvalue weighted by Gasteiger charge is -2.12. The second kappa shape index (κ2) is 10.2. The molecule has 2 rings (SSSR count). The van der Waals surface area contributed by atoms with E-state index in [1.165, 1.54) is 6.08 Å². The SMILES string of the molecule is CCOc1cc(/C=C(/C#N)C(=O)NC[C@H]2CCCO2)ccc1OCC(=O)O. The van der Waals surface area contributed by atoms with Gasteiger partial charge in [0, 0.05) is 13.2 Å². The molecule has 1 aromatic carbocycles. The summed E-state index contributed by atoms with van der Waals surface area (Å²) in [7, 11) is 0. The van der Waals surface area contributed by atoms with Crippen LogP contribution in [0.3, 0.4) is 0 Å². The normalized spacial score (nSPS) is 16.4. The van der Waals surface area contributed by atoms with Gasteiger partial charge in [-0.05, 0) is 43.5 Å². The number of nitrogens with one attached hydrogen (secondary N) is 1. The Hall–Kier alpha value is -3.05. The predicted molar refractivity (Wildman–Crippen MR) is 96.3 cm³/mol. The molecule has 0 unspecified atom stereocenters. The first-order chi connectivity index (χ1) is 13.0. The van der Waals surface area contributed by atoms with Crippen LogP contribution in [0.15, 0.2) is 23.8 Å². The fourth-order valence-corrected chi connectivity index (χ4v) is 2.56. The Morgan fingerprint density at radius 1 is 1.41 bits per heavy atom. The number of carboxylic acid groups (broad SMARTS) is 1. The molecule has 1 aromatic rings. The molecule has 0 spiro atoms. The van der Waals surface area contributed by atoms with Gasteiger partial charge in [-0.15, -0.1) is 0 Å². The third-order valence-corrected chi connectivity index (χ3v) is 3.81. The molecule has 0 aromatic heterocycles. The third kappa shape index (κ3) is 6.31. The number of hydrogen-bond acceptors (Lipinski definition) is 6. The molecule has 1 saturated heterocycles. The van der Waals surface area contributed by atoms with Crippen molar-refractivity contribution in [2.75, 3.05) is 26.4 Å². The predicted octanol–water partition coefficient (Wildman–Crippen LogP) is 1.75. The zero-order chi connectivity index (χ0) is 19.6. The van der Waals surface area contributed by atoms with Crippen molar-refractivity contribution in [3.05, 3.63) is 29.3 Å². The molecule has 1 aliphatic rings. The summed E-state index contributed by atoms with van der Waals surface area (Å²) < 4.78 is 16.1. The molecule has 0 aliphatic carbocycles. The molecule has 1 aliphatic heterocycles. The number of ether oxygens (including phenoxy) is 3. The maximum absolute atomic E-state index is 12.2. The molecule has 1 heterocycles. The van der Waals surface area contributed by atoms with Crippen molar-refractivity contribution >= 4 is 18.0 Å². The Bertz CT molecular complexity index is 747. The van der Waals surface area contributed by atoms with Gasteiger partial charge in [0.2, 0.25) is 0 Å². The molecule has 27 heavy (non-hydrogen) atoms. The summed E-state index contributed by atoms with van der Waals surface area (Å²) in [5.74, 6) is -0.962. The van der Waals surface area contributed by atoms with Gasteiger partial charge in [0.1, 0.15) is 11.6 Å². The number of aliphatic carboxylic acids is 1. The lowest BCUT2D eigenvalue weighted by molar-refractivity contribution is -0.139. The minimum Gasteiger partial charge on any atom is -0.490 e. The van der Waals surface area contributed by atoms with Crippen LogP contribution in [0.4, 0.5) is 0 Å². The summed E-state index contributed by atoms with van der Waals surface area (Å²) in [6.45, 7) is 2.69. The van der Waals surface area contributed by atoms with Crippen LogP contribution in [-0.2, 0) is 14.3 Å². The Kier molecular flexibility index (Phi) is 7.64. The summed E-state index contributed by atoms with van der Waals surface area (Å²) >= 11 is 0. The highest BCUT2D eigenvalue weighted by atomic mass is 16.5. The first-order valence-corrected chi connectivity index (χ1v) is 8.66. The number of hydrogen-bond donors (Lipinski definition) is 2. The van der Waals surface area contributed by atoms with Gasteiger partial charge in [-0.2, -0.15) is 5.26 Å². The van der Waals surface area contributed by atoms with E-state index in [0.29, 0.717) is 31.1 Å². The van der Waals surface area contributed by atoms with Crippen LogP contribution < -0.4 is 14.8 Å². The Morgan fingerprint density at radius 3 is 2.85 bits per heavy atom. The molecule has 1 amide bonds. The number of carboxylic acids is 1. The lowest BCUT2D eigenvalue weighted by atomic mass is 10.1. The monoisotopic (exact) mass is 374 g/mol. The average Bonchev–Trinajstić information content (AvgIpc) is 3.17. The van der Waals surface area contributed by atoms with Gasteiger partial charge in [-0.1, -0.05) is 6.07 Å². The summed E-state index contributed by atoms with van der Waals surface area (Å²) in [6, 6.07) is 6.64. The largest absolute Gasteiger partial charge is 0.490 e. The number of carbonyl (C=O) groups excluding carboxylic acids is 1. The van der Waals surface area contributed by atoms with Crippen LogP contribution in [-0.4, -0.2) is 49.5 Å². The molecule has 144 valence electrons. The molecule has 2 N–H and O–H groups in total. The number of amides is 1. The highest BCUT2D eigenvalue weighted by Crippen LogP contribution is 2.29.